The van der Waals surface area contributed by atoms with Gasteiger partial charge in [-0.2, -0.15) is 0 Å². The molecule has 0 saturated heterocycles. The van der Waals surface area contributed by atoms with Crippen molar-refractivity contribution in [2.24, 2.45) is 0 Å². The van der Waals surface area contributed by atoms with Crippen molar-refractivity contribution >= 4 is 28.8 Å². The minimum absolute atomic E-state index is 0.101. The molecule has 0 spiro atoms. The molecule has 2 aromatic rings. The summed E-state index contributed by atoms with van der Waals surface area (Å²) in [5.41, 5.74) is 0.812. The van der Waals surface area contributed by atoms with Gasteiger partial charge in [0.25, 0.3) is 5.91 Å². The van der Waals surface area contributed by atoms with Gasteiger partial charge in [-0.1, -0.05) is 17.7 Å². The number of carbonyl (C=O) groups excluding carboxylic acids is 1. The lowest BCUT2D eigenvalue weighted by atomic mass is 10.2. The van der Waals surface area contributed by atoms with E-state index in [9.17, 15) is 9.18 Å². The van der Waals surface area contributed by atoms with Crippen LogP contribution in [-0.2, 0) is 6.54 Å². The lowest BCUT2D eigenvalue weighted by Gasteiger charge is -2.06. The van der Waals surface area contributed by atoms with Crippen LogP contribution >= 0.6 is 22.9 Å². The number of carbonyl (C=O) groups is 1. The SMILES string of the molecule is Cc1nc(CNC(=O)c2c(F)cccc2Cl)sc1C. The number of nitrogens with one attached hydrogen (secondary N) is 1. The van der Waals surface area contributed by atoms with Crippen LogP contribution in [-0.4, -0.2) is 10.9 Å². The standard InChI is InChI=1S/C13H12ClFN2OS/c1-7-8(2)19-11(17-7)6-16-13(18)12-9(14)4-3-5-10(12)15/h3-5H,6H2,1-2H3,(H,16,18). The van der Waals surface area contributed by atoms with E-state index >= 15 is 0 Å². The number of thiazole rings is 1. The first-order valence-electron chi connectivity index (χ1n) is 5.64. The van der Waals surface area contributed by atoms with E-state index in [2.05, 4.69) is 10.3 Å². The average Bonchev–Trinajstić information content (AvgIpc) is 2.66. The van der Waals surface area contributed by atoms with Gasteiger partial charge in [-0.3, -0.25) is 4.79 Å². The Bertz CT molecular complexity index is 587. The molecule has 1 N–H and O–H groups in total. The zero-order valence-electron chi connectivity index (χ0n) is 10.5. The predicted molar refractivity (Wildman–Crippen MR) is 74.2 cm³/mol. The van der Waals surface area contributed by atoms with E-state index in [1.54, 1.807) is 0 Å². The number of hydrogen-bond acceptors (Lipinski definition) is 3. The zero-order chi connectivity index (χ0) is 14.0. The predicted octanol–water partition coefficient (Wildman–Crippen LogP) is 3.48. The Morgan fingerprint density at radius 2 is 2.21 bits per heavy atom. The second-order valence-electron chi connectivity index (χ2n) is 4.03. The minimum Gasteiger partial charge on any atom is -0.345 e. The lowest BCUT2D eigenvalue weighted by Crippen LogP contribution is -2.24. The molecule has 100 valence electrons. The van der Waals surface area contributed by atoms with Crippen molar-refractivity contribution in [3.63, 3.8) is 0 Å². The highest BCUT2D eigenvalue weighted by Gasteiger charge is 2.15. The maximum atomic E-state index is 13.5. The Hall–Kier alpha value is -1.46. The molecule has 19 heavy (non-hydrogen) atoms. The highest BCUT2D eigenvalue weighted by Crippen LogP contribution is 2.20. The fourth-order valence-corrected chi connectivity index (χ4v) is 2.70. The van der Waals surface area contributed by atoms with Crippen LogP contribution in [0.25, 0.3) is 0 Å². The normalized spacial score (nSPS) is 10.5. The largest absolute Gasteiger partial charge is 0.345 e. The monoisotopic (exact) mass is 298 g/mol. The van der Waals surface area contributed by atoms with Crippen LogP contribution in [0.2, 0.25) is 5.02 Å². The summed E-state index contributed by atoms with van der Waals surface area (Å²) in [6, 6.07) is 4.15. The van der Waals surface area contributed by atoms with Crippen LogP contribution in [0, 0.1) is 19.7 Å². The number of amides is 1. The molecule has 0 atom stereocenters. The van der Waals surface area contributed by atoms with Crippen molar-refractivity contribution in [1.82, 2.24) is 10.3 Å². The smallest absolute Gasteiger partial charge is 0.256 e. The molecule has 1 aromatic carbocycles. The lowest BCUT2D eigenvalue weighted by molar-refractivity contribution is 0.0947. The van der Waals surface area contributed by atoms with Gasteiger partial charge >= 0.3 is 0 Å². The van der Waals surface area contributed by atoms with E-state index in [4.69, 9.17) is 11.6 Å². The minimum atomic E-state index is -0.628. The topological polar surface area (TPSA) is 42.0 Å². The van der Waals surface area contributed by atoms with Crippen LogP contribution < -0.4 is 5.32 Å². The summed E-state index contributed by atoms with van der Waals surface area (Å²) < 4.78 is 13.5. The number of aromatic nitrogens is 1. The third-order valence-electron chi connectivity index (χ3n) is 2.66. The van der Waals surface area contributed by atoms with Crippen molar-refractivity contribution in [2.45, 2.75) is 20.4 Å². The summed E-state index contributed by atoms with van der Waals surface area (Å²) in [6.07, 6.45) is 0. The number of aryl methyl sites for hydroxylation is 2. The van der Waals surface area contributed by atoms with Crippen molar-refractivity contribution < 1.29 is 9.18 Å². The highest BCUT2D eigenvalue weighted by molar-refractivity contribution is 7.11. The maximum Gasteiger partial charge on any atom is 0.256 e. The van der Waals surface area contributed by atoms with Crippen LogP contribution in [0.3, 0.4) is 0 Å². The molecule has 2 rings (SSSR count). The van der Waals surface area contributed by atoms with Gasteiger partial charge in [0, 0.05) is 4.88 Å². The molecule has 0 aliphatic carbocycles. The summed E-state index contributed by atoms with van der Waals surface area (Å²) in [5, 5.41) is 3.51. The Labute approximate surface area is 119 Å². The molecular weight excluding hydrogens is 287 g/mol. The fourth-order valence-electron chi connectivity index (χ4n) is 1.57. The summed E-state index contributed by atoms with van der Waals surface area (Å²) in [5.74, 6) is -1.16. The number of hydrogen-bond donors (Lipinski definition) is 1. The quantitative estimate of drug-likeness (QED) is 0.942. The first-order chi connectivity index (χ1) is 8.99. The fraction of sp³-hybridized carbons (Fsp3) is 0.231. The number of benzene rings is 1. The van der Waals surface area contributed by atoms with Gasteiger partial charge in [0.05, 0.1) is 22.8 Å². The third kappa shape index (κ3) is 3.11. The molecule has 0 aliphatic heterocycles. The van der Waals surface area contributed by atoms with Crippen LogP contribution in [0.4, 0.5) is 4.39 Å². The molecular formula is C13H12ClFN2OS. The molecule has 0 radical (unpaired) electrons. The van der Waals surface area contributed by atoms with Crippen molar-refractivity contribution in [2.75, 3.05) is 0 Å². The summed E-state index contributed by atoms with van der Waals surface area (Å²) in [7, 11) is 0. The summed E-state index contributed by atoms with van der Waals surface area (Å²) in [4.78, 5) is 17.3. The second kappa shape index (κ2) is 5.67. The van der Waals surface area contributed by atoms with Gasteiger partial charge in [0.1, 0.15) is 10.8 Å². The summed E-state index contributed by atoms with van der Waals surface area (Å²) in [6.45, 7) is 4.14. The van der Waals surface area contributed by atoms with Gasteiger partial charge in [-0.05, 0) is 26.0 Å². The van der Waals surface area contributed by atoms with E-state index in [0.717, 1.165) is 15.6 Å². The Morgan fingerprint density at radius 1 is 1.47 bits per heavy atom. The zero-order valence-corrected chi connectivity index (χ0v) is 12.0. The molecule has 0 unspecified atom stereocenters. The molecule has 1 amide bonds. The van der Waals surface area contributed by atoms with Gasteiger partial charge in [-0.15, -0.1) is 11.3 Å². The Balaban J connectivity index is 2.09. The number of nitrogens with zero attached hydrogens (tertiary/aromatic N) is 1. The molecule has 0 fully saturated rings. The molecule has 3 nitrogen and oxygen atoms in total. The molecule has 1 aromatic heterocycles. The first kappa shape index (κ1) is 14.0. The number of halogens is 2. The van der Waals surface area contributed by atoms with Crippen molar-refractivity contribution in [3.05, 3.63) is 50.2 Å². The molecule has 0 saturated carbocycles. The third-order valence-corrected chi connectivity index (χ3v) is 4.05. The van der Waals surface area contributed by atoms with Gasteiger partial charge in [0.2, 0.25) is 0 Å². The van der Waals surface area contributed by atoms with E-state index < -0.39 is 11.7 Å². The van der Waals surface area contributed by atoms with Crippen LogP contribution in [0.5, 0.6) is 0 Å². The summed E-state index contributed by atoms with van der Waals surface area (Å²) >= 11 is 7.33. The Morgan fingerprint density at radius 3 is 2.79 bits per heavy atom. The molecule has 1 heterocycles. The molecule has 0 bridgehead atoms. The van der Waals surface area contributed by atoms with Crippen LogP contribution in [0.1, 0.15) is 25.9 Å². The highest BCUT2D eigenvalue weighted by atomic mass is 35.5. The van der Waals surface area contributed by atoms with Crippen molar-refractivity contribution in [1.29, 1.82) is 0 Å². The van der Waals surface area contributed by atoms with Crippen molar-refractivity contribution in [3.8, 4) is 0 Å². The van der Waals surface area contributed by atoms with E-state index in [1.807, 2.05) is 13.8 Å². The van der Waals surface area contributed by atoms with Crippen LogP contribution in [0.15, 0.2) is 18.2 Å². The van der Waals surface area contributed by atoms with Gasteiger partial charge in [-0.25, -0.2) is 9.37 Å². The van der Waals surface area contributed by atoms with Gasteiger partial charge in [0.15, 0.2) is 0 Å². The average molecular weight is 299 g/mol. The molecule has 6 heteroatoms. The van der Waals surface area contributed by atoms with E-state index in [1.165, 1.54) is 29.5 Å². The van der Waals surface area contributed by atoms with E-state index in [0.29, 0.717) is 0 Å². The molecule has 0 aliphatic rings. The first-order valence-corrected chi connectivity index (χ1v) is 6.83. The number of rotatable bonds is 3. The van der Waals surface area contributed by atoms with E-state index in [-0.39, 0.29) is 17.1 Å². The second-order valence-corrected chi connectivity index (χ2v) is 5.72. The Kier molecular flexibility index (Phi) is 4.17. The maximum absolute atomic E-state index is 13.5. The van der Waals surface area contributed by atoms with Gasteiger partial charge < -0.3 is 5.32 Å².